The van der Waals surface area contributed by atoms with Gasteiger partial charge in [0.1, 0.15) is 11.2 Å². The summed E-state index contributed by atoms with van der Waals surface area (Å²) in [6.45, 7) is 1.08. The van der Waals surface area contributed by atoms with Crippen LogP contribution in [0, 0.1) is 5.82 Å². The smallest absolute Gasteiger partial charge is 0.341 e. The van der Waals surface area contributed by atoms with Crippen molar-refractivity contribution >= 4 is 34.4 Å². The van der Waals surface area contributed by atoms with Gasteiger partial charge in [0, 0.05) is 36.9 Å². The molecule has 2 aromatic heterocycles. The molecule has 0 atom stereocenters. The van der Waals surface area contributed by atoms with Gasteiger partial charge in [-0.25, -0.2) is 14.2 Å². The number of aromatic carboxylic acids is 1. The Morgan fingerprint density at radius 1 is 1.42 bits per heavy atom. The van der Waals surface area contributed by atoms with E-state index < -0.39 is 17.2 Å². The van der Waals surface area contributed by atoms with E-state index in [1.54, 1.807) is 9.47 Å². The third kappa shape index (κ3) is 2.65. The van der Waals surface area contributed by atoms with Crippen LogP contribution in [0.15, 0.2) is 27.7 Å². The van der Waals surface area contributed by atoms with Crippen LogP contribution in [0.25, 0.3) is 11.0 Å². The minimum Gasteiger partial charge on any atom is -0.477 e. The molecule has 0 amide bonds. The van der Waals surface area contributed by atoms with Gasteiger partial charge < -0.3 is 20.3 Å². The molecule has 0 unspecified atom stereocenters. The molecule has 1 saturated heterocycles. The molecule has 2 aromatic rings. The van der Waals surface area contributed by atoms with Crippen molar-refractivity contribution in [2.45, 2.75) is 18.9 Å². The number of halogens is 2. The summed E-state index contributed by atoms with van der Waals surface area (Å²) in [6, 6.07) is 1.16. The zero-order chi connectivity index (χ0) is 18.6. The lowest BCUT2D eigenvalue weighted by Crippen LogP contribution is -2.42. The van der Waals surface area contributed by atoms with Gasteiger partial charge in [-0.15, -0.1) is 0 Å². The van der Waals surface area contributed by atoms with Crippen LogP contribution >= 0.6 is 11.6 Å². The standard InChI is InChI=1S/C17H16ClFN4O3/c18-12(4-20)8-5-22(6-8)16-13(19)3-10-14(24)11(17(25)26)7-23(9-1-2-9)15(10)21-16/h3,7,9H,1-2,4-6,20H2,(H,25,26). The summed E-state index contributed by atoms with van der Waals surface area (Å²) in [7, 11) is 0. The molecule has 0 bridgehead atoms. The van der Waals surface area contributed by atoms with Gasteiger partial charge >= 0.3 is 5.97 Å². The maximum absolute atomic E-state index is 14.6. The topological polar surface area (TPSA) is 101 Å². The van der Waals surface area contributed by atoms with Crippen LogP contribution in [-0.4, -0.2) is 40.3 Å². The van der Waals surface area contributed by atoms with Gasteiger partial charge in [0.2, 0.25) is 5.43 Å². The molecule has 3 heterocycles. The number of anilines is 1. The molecule has 7 nitrogen and oxygen atoms in total. The second-order valence-electron chi connectivity index (χ2n) is 6.55. The molecular formula is C17H16ClFN4O3. The third-order valence-electron chi connectivity index (χ3n) is 4.74. The van der Waals surface area contributed by atoms with Gasteiger partial charge in [0.05, 0.1) is 5.39 Å². The molecule has 0 aromatic carbocycles. The highest BCUT2D eigenvalue weighted by Crippen LogP contribution is 2.37. The number of pyridine rings is 2. The molecule has 1 aliphatic heterocycles. The highest BCUT2D eigenvalue weighted by molar-refractivity contribution is 6.30. The van der Waals surface area contributed by atoms with Gasteiger partial charge in [-0.2, -0.15) is 0 Å². The summed E-state index contributed by atoms with van der Waals surface area (Å²) in [5, 5.41) is 9.79. The Kier molecular flexibility index (Phi) is 3.96. The number of fused-ring (bicyclic) bond motifs is 1. The van der Waals surface area contributed by atoms with Gasteiger partial charge in [0.15, 0.2) is 11.6 Å². The quantitative estimate of drug-likeness (QED) is 0.841. The molecule has 0 radical (unpaired) electrons. The van der Waals surface area contributed by atoms with E-state index in [0.717, 1.165) is 24.5 Å². The Hall–Kier alpha value is -2.45. The first-order chi connectivity index (χ1) is 12.4. The van der Waals surface area contributed by atoms with Crippen LogP contribution in [0.3, 0.4) is 0 Å². The number of hydrogen-bond acceptors (Lipinski definition) is 5. The van der Waals surface area contributed by atoms with Crippen molar-refractivity contribution in [2.75, 3.05) is 24.5 Å². The van der Waals surface area contributed by atoms with Crippen LogP contribution < -0.4 is 16.1 Å². The molecule has 4 rings (SSSR count). The summed E-state index contributed by atoms with van der Waals surface area (Å²) in [5.41, 5.74) is 5.64. The van der Waals surface area contributed by atoms with Crippen molar-refractivity contribution in [2.24, 2.45) is 5.73 Å². The van der Waals surface area contributed by atoms with Crippen LogP contribution in [-0.2, 0) is 0 Å². The predicted molar refractivity (Wildman–Crippen MR) is 95.3 cm³/mol. The predicted octanol–water partition coefficient (Wildman–Crippen LogP) is 1.84. The van der Waals surface area contributed by atoms with E-state index >= 15 is 0 Å². The average Bonchev–Trinajstić information content (AvgIpc) is 3.39. The fourth-order valence-corrected chi connectivity index (χ4v) is 3.24. The summed E-state index contributed by atoms with van der Waals surface area (Å²) >= 11 is 6.01. The molecule has 2 aliphatic rings. The first kappa shape index (κ1) is 17.0. The Bertz CT molecular complexity index is 1020. The zero-order valence-electron chi connectivity index (χ0n) is 13.7. The number of nitrogens with zero attached hydrogens (tertiary/aromatic N) is 3. The minimum absolute atomic E-state index is 0.0191. The monoisotopic (exact) mass is 378 g/mol. The second-order valence-corrected chi connectivity index (χ2v) is 7.01. The number of nitrogens with two attached hydrogens (primary N) is 1. The van der Waals surface area contributed by atoms with Gasteiger partial charge in [0.25, 0.3) is 0 Å². The van der Waals surface area contributed by atoms with Crippen molar-refractivity contribution in [3.63, 3.8) is 0 Å². The molecular weight excluding hydrogens is 363 g/mol. The molecule has 2 fully saturated rings. The van der Waals surface area contributed by atoms with Crippen molar-refractivity contribution in [1.82, 2.24) is 9.55 Å². The fraction of sp³-hybridized carbons (Fsp3) is 0.353. The van der Waals surface area contributed by atoms with Crippen LogP contribution in [0.1, 0.15) is 29.2 Å². The highest BCUT2D eigenvalue weighted by atomic mass is 35.5. The molecule has 1 aliphatic carbocycles. The number of carboxylic acid groups (broad SMARTS) is 1. The molecule has 1 saturated carbocycles. The molecule has 9 heteroatoms. The van der Waals surface area contributed by atoms with Gasteiger partial charge in [-0.05, 0) is 24.5 Å². The summed E-state index contributed by atoms with van der Waals surface area (Å²) in [5.74, 6) is -1.87. The third-order valence-corrected chi connectivity index (χ3v) is 5.16. The maximum atomic E-state index is 14.6. The van der Waals surface area contributed by atoms with E-state index in [2.05, 4.69) is 4.98 Å². The lowest BCUT2D eigenvalue weighted by Gasteiger charge is -2.36. The van der Waals surface area contributed by atoms with Crippen LogP contribution in [0.4, 0.5) is 10.2 Å². The Morgan fingerprint density at radius 2 is 2.12 bits per heavy atom. The number of carbonyl (C=O) groups is 1. The van der Waals surface area contributed by atoms with E-state index in [0.29, 0.717) is 23.8 Å². The number of rotatable bonds is 4. The molecule has 136 valence electrons. The zero-order valence-corrected chi connectivity index (χ0v) is 14.5. The normalized spacial score (nSPS) is 16.7. The van der Waals surface area contributed by atoms with Crippen molar-refractivity contribution in [1.29, 1.82) is 0 Å². The summed E-state index contributed by atoms with van der Waals surface area (Å²) < 4.78 is 16.3. The van der Waals surface area contributed by atoms with Gasteiger partial charge in [-0.3, -0.25) is 4.79 Å². The van der Waals surface area contributed by atoms with Crippen molar-refractivity contribution in [3.8, 4) is 0 Å². The molecule has 26 heavy (non-hydrogen) atoms. The molecule has 3 N–H and O–H groups in total. The first-order valence-electron chi connectivity index (χ1n) is 8.20. The lowest BCUT2D eigenvalue weighted by molar-refractivity contribution is 0.0695. The maximum Gasteiger partial charge on any atom is 0.341 e. The van der Waals surface area contributed by atoms with E-state index in [1.807, 2.05) is 0 Å². The highest BCUT2D eigenvalue weighted by Gasteiger charge is 2.31. The number of hydrogen-bond donors (Lipinski definition) is 2. The largest absolute Gasteiger partial charge is 0.477 e. The Morgan fingerprint density at radius 3 is 2.69 bits per heavy atom. The summed E-state index contributed by atoms with van der Waals surface area (Å²) in [4.78, 5) is 29.8. The fourth-order valence-electron chi connectivity index (χ4n) is 3.12. The van der Waals surface area contributed by atoms with E-state index in [-0.39, 0.29) is 29.4 Å². The SMILES string of the molecule is NCC(Cl)=C1CN(c2nc3c(cc2F)c(=O)c(C(=O)O)cn3C2CC2)C1. The number of aromatic nitrogens is 2. The Labute approximate surface area is 152 Å². The Balaban J connectivity index is 1.84. The molecule has 0 spiro atoms. The van der Waals surface area contributed by atoms with E-state index in [9.17, 15) is 19.1 Å². The lowest BCUT2D eigenvalue weighted by atomic mass is 10.1. The number of carboxylic acids is 1. The van der Waals surface area contributed by atoms with Crippen LogP contribution in [0.2, 0.25) is 0 Å². The first-order valence-corrected chi connectivity index (χ1v) is 8.58. The second kappa shape index (κ2) is 6.07. The van der Waals surface area contributed by atoms with E-state index in [4.69, 9.17) is 17.3 Å². The van der Waals surface area contributed by atoms with E-state index in [1.165, 1.54) is 6.20 Å². The minimum atomic E-state index is -1.33. The van der Waals surface area contributed by atoms with Gasteiger partial charge in [-0.1, -0.05) is 11.6 Å². The summed E-state index contributed by atoms with van der Waals surface area (Å²) in [6.07, 6.45) is 3.05. The average molecular weight is 379 g/mol. The van der Waals surface area contributed by atoms with Crippen LogP contribution in [0.5, 0.6) is 0 Å². The van der Waals surface area contributed by atoms with Crippen molar-refractivity contribution in [3.05, 3.63) is 44.5 Å². The van der Waals surface area contributed by atoms with Crippen molar-refractivity contribution < 1.29 is 14.3 Å².